The summed E-state index contributed by atoms with van der Waals surface area (Å²) in [5.41, 5.74) is 0.682. The third-order valence-electron chi connectivity index (χ3n) is 6.75. The van der Waals surface area contributed by atoms with Crippen molar-refractivity contribution in [3.05, 3.63) is 65.2 Å². The van der Waals surface area contributed by atoms with Crippen LogP contribution in [0.25, 0.3) is 0 Å². The van der Waals surface area contributed by atoms with Gasteiger partial charge in [-0.1, -0.05) is 12.1 Å². The van der Waals surface area contributed by atoms with Crippen LogP contribution in [0.3, 0.4) is 0 Å². The number of nitrogens with zero attached hydrogens (tertiary/aromatic N) is 2. The number of anilines is 1. The van der Waals surface area contributed by atoms with Gasteiger partial charge in [0, 0.05) is 49.4 Å². The monoisotopic (exact) mass is 533 g/mol. The second-order valence-corrected chi connectivity index (χ2v) is 10.7. The number of morpholine rings is 1. The molecule has 0 unspecified atom stereocenters. The van der Waals surface area contributed by atoms with Gasteiger partial charge in [0.2, 0.25) is 0 Å². The molecule has 2 fully saturated rings. The van der Waals surface area contributed by atoms with Gasteiger partial charge in [-0.3, -0.25) is 4.79 Å². The van der Waals surface area contributed by atoms with E-state index in [1.807, 2.05) is 12.1 Å². The van der Waals surface area contributed by atoms with Crippen molar-refractivity contribution < 1.29 is 32.2 Å². The molecule has 2 heterocycles. The van der Waals surface area contributed by atoms with Gasteiger partial charge in [0.1, 0.15) is 5.60 Å². The zero-order valence-electron chi connectivity index (χ0n) is 21.9. The predicted molar refractivity (Wildman–Crippen MR) is 137 cm³/mol. The summed E-state index contributed by atoms with van der Waals surface area (Å²) < 4.78 is 50.3. The Hall–Kier alpha value is -3.27. The highest BCUT2D eigenvalue weighted by molar-refractivity contribution is 5.94. The zero-order valence-corrected chi connectivity index (χ0v) is 21.9. The van der Waals surface area contributed by atoms with Crippen molar-refractivity contribution >= 4 is 17.7 Å². The van der Waals surface area contributed by atoms with Crippen molar-refractivity contribution in [3.63, 3.8) is 0 Å². The SMILES string of the molecule is CC(C)(C)OC(=O)N1CC[C@@H](NC(=O)c2ccc(N3CCOCC3)cc2)[C@H](c2ccc(C(F)(F)F)cc2)C1. The molecule has 0 radical (unpaired) electrons. The van der Waals surface area contributed by atoms with Crippen LogP contribution in [0.15, 0.2) is 48.5 Å². The van der Waals surface area contributed by atoms with E-state index in [2.05, 4.69) is 10.2 Å². The van der Waals surface area contributed by atoms with E-state index in [0.717, 1.165) is 30.9 Å². The molecule has 0 saturated carbocycles. The summed E-state index contributed by atoms with van der Waals surface area (Å²) in [5.74, 6) is -0.679. The lowest BCUT2D eigenvalue weighted by Gasteiger charge is -2.39. The smallest absolute Gasteiger partial charge is 0.416 e. The largest absolute Gasteiger partial charge is 0.444 e. The maximum atomic E-state index is 13.2. The Balaban J connectivity index is 1.51. The fourth-order valence-electron chi connectivity index (χ4n) is 4.77. The molecule has 7 nitrogen and oxygen atoms in total. The summed E-state index contributed by atoms with van der Waals surface area (Å²) >= 11 is 0. The molecule has 2 aliphatic heterocycles. The average molecular weight is 534 g/mol. The van der Waals surface area contributed by atoms with Gasteiger partial charge in [-0.05, 0) is 69.2 Å². The minimum atomic E-state index is -4.45. The van der Waals surface area contributed by atoms with Crippen molar-refractivity contribution in [1.29, 1.82) is 0 Å². The number of alkyl halides is 3. The lowest BCUT2D eigenvalue weighted by molar-refractivity contribution is -0.137. The Kier molecular flexibility index (Phi) is 8.20. The molecule has 2 atom stereocenters. The molecule has 2 amide bonds. The topological polar surface area (TPSA) is 71.1 Å². The zero-order chi connectivity index (χ0) is 27.5. The van der Waals surface area contributed by atoms with E-state index in [4.69, 9.17) is 9.47 Å². The number of ether oxygens (including phenoxy) is 2. The summed E-state index contributed by atoms with van der Waals surface area (Å²) in [6.07, 6.45) is -4.50. The summed E-state index contributed by atoms with van der Waals surface area (Å²) in [5, 5.41) is 3.06. The normalized spacial score (nSPS) is 20.7. The van der Waals surface area contributed by atoms with E-state index in [0.29, 0.717) is 37.3 Å². The highest BCUT2D eigenvalue weighted by Gasteiger charge is 2.36. The molecule has 2 saturated heterocycles. The van der Waals surface area contributed by atoms with E-state index < -0.39 is 29.4 Å². The van der Waals surface area contributed by atoms with Crippen LogP contribution in [0.5, 0.6) is 0 Å². The van der Waals surface area contributed by atoms with Crippen LogP contribution in [0.4, 0.5) is 23.7 Å². The second kappa shape index (κ2) is 11.2. The maximum absolute atomic E-state index is 13.2. The van der Waals surface area contributed by atoms with E-state index in [9.17, 15) is 22.8 Å². The van der Waals surface area contributed by atoms with E-state index >= 15 is 0 Å². The number of rotatable bonds is 4. The van der Waals surface area contributed by atoms with Crippen molar-refractivity contribution in [1.82, 2.24) is 10.2 Å². The molecule has 0 bridgehead atoms. The van der Waals surface area contributed by atoms with Crippen LogP contribution < -0.4 is 10.2 Å². The maximum Gasteiger partial charge on any atom is 0.416 e. The summed E-state index contributed by atoms with van der Waals surface area (Å²) in [4.78, 5) is 29.7. The highest BCUT2D eigenvalue weighted by atomic mass is 19.4. The summed E-state index contributed by atoms with van der Waals surface area (Å²) in [7, 11) is 0. The molecule has 4 rings (SSSR count). The van der Waals surface area contributed by atoms with E-state index in [-0.39, 0.29) is 18.5 Å². The predicted octanol–water partition coefficient (Wildman–Crippen LogP) is 5.07. The first kappa shape index (κ1) is 27.8. The van der Waals surface area contributed by atoms with Crippen LogP contribution in [0.1, 0.15) is 54.6 Å². The van der Waals surface area contributed by atoms with Crippen molar-refractivity contribution in [2.75, 3.05) is 44.3 Å². The van der Waals surface area contributed by atoms with Crippen molar-refractivity contribution in [3.8, 4) is 0 Å². The van der Waals surface area contributed by atoms with Gasteiger partial charge in [-0.25, -0.2) is 4.79 Å². The first-order chi connectivity index (χ1) is 17.9. The minimum absolute atomic E-state index is 0.210. The fraction of sp³-hybridized carbons (Fsp3) is 0.500. The minimum Gasteiger partial charge on any atom is -0.444 e. The third-order valence-corrected chi connectivity index (χ3v) is 6.75. The molecule has 206 valence electrons. The Morgan fingerprint density at radius 2 is 1.58 bits per heavy atom. The molecule has 1 N–H and O–H groups in total. The first-order valence-electron chi connectivity index (χ1n) is 12.8. The van der Waals surface area contributed by atoms with Crippen LogP contribution in [0, 0.1) is 0 Å². The van der Waals surface area contributed by atoms with Gasteiger partial charge in [0.05, 0.1) is 18.8 Å². The van der Waals surface area contributed by atoms with Gasteiger partial charge in [0.15, 0.2) is 0 Å². The molecule has 2 aliphatic rings. The number of nitrogens with one attached hydrogen (secondary N) is 1. The van der Waals surface area contributed by atoms with Crippen LogP contribution >= 0.6 is 0 Å². The van der Waals surface area contributed by atoms with E-state index in [1.165, 1.54) is 12.1 Å². The van der Waals surface area contributed by atoms with Crippen LogP contribution in [-0.4, -0.2) is 67.9 Å². The van der Waals surface area contributed by atoms with Crippen LogP contribution in [-0.2, 0) is 15.7 Å². The van der Waals surface area contributed by atoms with Crippen LogP contribution in [0.2, 0.25) is 0 Å². The van der Waals surface area contributed by atoms with Gasteiger partial charge in [0.25, 0.3) is 5.91 Å². The van der Waals surface area contributed by atoms with Gasteiger partial charge in [-0.2, -0.15) is 13.2 Å². The highest BCUT2D eigenvalue weighted by Crippen LogP contribution is 2.33. The number of carbonyl (C=O) groups excluding carboxylic acids is 2. The molecule has 38 heavy (non-hydrogen) atoms. The number of hydrogen-bond acceptors (Lipinski definition) is 5. The van der Waals surface area contributed by atoms with Gasteiger partial charge < -0.3 is 24.6 Å². The van der Waals surface area contributed by atoms with Crippen molar-refractivity contribution in [2.45, 2.75) is 50.9 Å². The molecule has 10 heteroatoms. The fourth-order valence-corrected chi connectivity index (χ4v) is 4.77. The standard InChI is InChI=1S/C28H34F3N3O4/c1-27(2,3)38-26(36)34-13-12-24(23(18-34)19-4-8-21(9-5-19)28(29,30)31)32-25(35)20-6-10-22(11-7-20)33-14-16-37-17-15-33/h4-11,23-24H,12-18H2,1-3H3,(H,32,35)/t23-,24+/m0/s1. The molecule has 2 aromatic rings. The summed E-state index contributed by atoms with van der Waals surface area (Å²) in [6, 6.07) is 11.9. The first-order valence-corrected chi connectivity index (χ1v) is 12.8. The molecule has 0 aromatic heterocycles. The lowest BCUT2D eigenvalue weighted by Crippen LogP contribution is -2.52. The third kappa shape index (κ3) is 6.98. The molecular formula is C28H34F3N3O4. The number of carbonyl (C=O) groups is 2. The number of benzene rings is 2. The Morgan fingerprint density at radius 3 is 2.16 bits per heavy atom. The Bertz CT molecular complexity index is 1110. The number of piperidine rings is 1. The van der Waals surface area contributed by atoms with E-state index in [1.54, 1.807) is 37.8 Å². The Morgan fingerprint density at radius 1 is 0.947 bits per heavy atom. The second-order valence-electron chi connectivity index (χ2n) is 10.7. The Labute approximate surface area is 220 Å². The van der Waals surface area contributed by atoms with Gasteiger partial charge in [-0.15, -0.1) is 0 Å². The molecular weight excluding hydrogens is 499 g/mol. The number of halogens is 3. The van der Waals surface area contributed by atoms with Crippen molar-refractivity contribution in [2.24, 2.45) is 0 Å². The number of hydrogen-bond donors (Lipinski definition) is 1. The summed E-state index contributed by atoms with van der Waals surface area (Å²) in [6.45, 7) is 8.78. The number of likely N-dealkylation sites (tertiary alicyclic amines) is 1. The number of amides is 2. The molecule has 0 spiro atoms. The molecule has 2 aromatic carbocycles. The lowest BCUT2D eigenvalue weighted by atomic mass is 9.85. The quantitative estimate of drug-likeness (QED) is 0.595. The average Bonchev–Trinajstić information content (AvgIpc) is 2.88. The molecule has 0 aliphatic carbocycles. The van der Waals surface area contributed by atoms with Gasteiger partial charge >= 0.3 is 12.3 Å².